The summed E-state index contributed by atoms with van der Waals surface area (Å²) < 4.78 is 0. The Hall–Kier alpha value is -1.00. The molecule has 1 aliphatic heterocycles. The van der Waals surface area contributed by atoms with Gasteiger partial charge >= 0.3 is 0 Å². The van der Waals surface area contributed by atoms with Crippen molar-refractivity contribution in [2.75, 3.05) is 13.1 Å². The van der Waals surface area contributed by atoms with Gasteiger partial charge in [-0.2, -0.15) is 0 Å². The van der Waals surface area contributed by atoms with E-state index in [2.05, 4.69) is 34.0 Å². The minimum Gasteiger partial charge on any atom is -0.311 e. The summed E-state index contributed by atoms with van der Waals surface area (Å²) in [6.07, 6.45) is 6.49. The Morgan fingerprint density at radius 2 is 2.05 bits per heavy atom. The molecule has 1 N–H and O–H groups in total. The normalized spacial score (nSPS) is 28.8. The molecule has 0 aromatic carbocycles. The summed E-state index contributed by atoms with van der Waals surface area (Å²) in [5, 5.41) is 3.75. The number of hydrogen-bond donors (Lipinski definition) is 1. The zero-order valence-corrected chi connectivity index (χ0v) is 11.9. The Morgan fingerprint density at radius 1 is 1.32 bits per heavy atom. The predicted molar refractivity (Wildman–Crippen MR) is 75.6 cm³/mol. The molecule has 2 heterocycles. The maximum atomic E-state index is 4.38. The van der Waals surface area contributed by atoms with E-state index in [4.69, 9.17) is 0 Å². The second-order valence-corrected chi connectivity index (χ2v) is 6.26. The minimum absolute atomic E-state index is 0.596. The second-order valence-electron chi connectivity index (χ2n) is 6.26. The highest BCUT2D eigenvalue weighted by atomic mass is 15.2. The van der Waals surface area contributed by atoms with Gasteiger partial charge in [-0.25, -0.2) is 9.97 Å². The van der Waals surface area contributed by atoms with Gasteiger partial charge < -0.3 is 5.32 Å². The summed E-state index contributed by atoms with van der Waals surface area (Å²) in [6.45, 7) is 7.75. The molecule has 0 amide bonds. The number of nitrogens with one attached hydrogen (secondary N) is 1. The number of rotatable bonds is 4. The molecule has 2 fully saturated rings. The van der Waals surface area contributed by atoms with Crippen molar-refractivity contribution in [3.05, 3.63) is 24.3 Å². The van der Waals surface area contributed by atoms with Crippen LogP contribution >= 0.6 is 0 Å². The molecular weight excluding hydrogens is 236 g/mol. The van der Waals surface area contributed by atoms with Crippen molar-refractivity contribution in [2.45, 2.75) is 45.3 Å². The predicted octanol–water partition coefficient (Wildman–Crippen LogP) is 1.68. The highest BCUT2D eigenvalue weighted by Crippen LogP contribution is 2.35. The Labute approximate surface area is 115 Å². The molecule has 1 aliphatic carbocycles. The van der Waals surface area contributed by atoms with Crippen LogP contribution in [0.1, 0.15) is 32.5 Å². The van der Waals surface area contributed by atoms with Crippen molar-refractivity contribution in [3.8, 4) is 0 Å². The van der Waals surface area contributed by atoms with Crippen LogP contribution in [0.3, 0.4) is 0 Å². The zero-order chi connectivity index (χ0) is 13.2. The molecule has 1 aromatic heterocycles. The third kappa shape index (κ3) is 3.12. The summed E-state index contributed by atoms with van der Waals surface area (Å²) >= 11 is 0. The van der Waals surface area contributed by atoms with Gasteiger partial charge in [0.2, 0.25) is 0 Å². The van der Waals surface area contributed by atoms with E-state index in [9.17, 15) is 0 Å². The van der Waals surface area contributed by atoms with Crippen LogP contribution in [0.4, 0.5) is 0 Å². The lowest BCUT2D eigenvalue weighted by atomic mass is 9.97. The SMILES string of the molecule is CC(C)C1CNC(C2CC2)CN1Cc1ncccn1. The van der Waals surface area contributed by atoms with Gasteiger partial charge in [0.1, 0.15) is 5.82 Å². The smallest absolute Gasteiger partial charge is 0.142 e. The average Bonchev–Trinajstić information content (AvgIpc) is 3.24. The first-order chi connectivity index (χ1) is 9.24. The molecule has 4 nitrogen and oxygen atoms in total. The summed E-state index contributed by atoms with van der Waals surface area (Å²) in [4.78, 5) is 11.3. The van der Waals surface area contributed by atoms with Crippen molar-refractivity contribution in [3.63, 3.8) is 0 Å². The molecule has 1 aromatic rings. The van der Waals surface area contributed by atoms with Crippen LogP contribution in [-0.2, 0) is 6.54 Å². The molecule has 3 rings (SSSR count). The van der Waals surface area contributed by atoms with Gasteiger partial charge in [0, 0.05) is 37.6 Å². The number of aromatic nitrogens is 2. The van der Waals surface area contributed by atoms with Gasteiger partial charge in [0.25, 0.3) is 0 Å². The molecular formula is C15H24N4. The first kappa shape index (κ1) is 13.0. The Morgan fingerprint density at radius 3 is 2.68 bits per heavy atom. The fraction of sp³-hybridized carbons (Fsp3) is 0.733. The van der Waals surface area contributed by atoms with Gasteiger partial charge in [-0.05, 0) is 30.7 Å². The highest BCUT2D eigenvalue weighted by molar-refractivity contribution is 4.97. The van der Waals surface area contributed by atoms with Gasteiger partial charge in [-0.3, -0.25) is 4.90 Å². The molecule has 104 valence electrons. The quantitative estimate of drug-likeness (QED) is 0.894. The van der Waals surface area contributed by atoms with Crippen LogP contribution in [0.5, 0.6) is 0 Å². The second kappa shape index (κ2) is 5.55. The van der Waals surface area contributed by atoms with Crippen molar-refractivity contribution >= 4 is 0 Å². The van der Waals surface area contributed by atoms with E-state index < -0.39 is 0 Å². The van der Waals surface area contributed by atoms with Gasteiger partial charge in [0.05, 0.1) is 6.54 Å². The number of hydrogen-bond acceptors (Lipinski definition) is 4. The van der Waals surface area contributed by atoms with Crippen LogP contribution < -0.4 is 5.32 Å². The Kier molecular flexibility index (Phi) is 3.80. The fourth-order valence-corrected chi connectivity index (χ4v) is 3.10. The summed E-state index contributed by atoms with van der Waals surface area (Å²) in [5.74, 6) is 2.52. The number of piperazine rings is 1. The average molecular weight is 260 g/mol. The third-order valence-corrected chi connectivity index (χ3v) is 4.41. The van der Waals surface area contributed by atoms with E-state index in [0.29, 0.717) is 18.0 Å². The molecule has 0 radical (unpaired) electrons. The lowest BCUT2D eigenvalue weighted by Crippen LogP contribution is -2.58. The van der Waals surface area contributed by atoms with Crippen LogP contribution in [0.25, 0.3) is 0 Å². The summed E-state index contributed by atoms with van der Waals surface area (Å²) in [6, 6.07) is 3.16. The zero-order valence-electron chi connectivity index (χ0n) is 11.9. The van der Waals surface area contributed by atoms with E-state index in [1.165, 1.54) is 12.8 Å². The fourth-order valence-electron chi connectivity index (χ4n) is 3.10. The first-order valence-corrected chi connectivity index (χ1v) is 7.47. The maximum Gasteiger partial charge on any atom is 0.142 e. The van der Waals surface area contributed by atoms with E-state index in [-0.39, 0.29) is 0 Å². The largest absolute Gasteiger partial charge is 0.311 e. The van der Waals surface area contributed by atoms with Crippen LogP contribution in [-0.4, -0.2) is 40.0 Å². The van der Waals surface area contributed by atoms with E-state index in [1.807, 2.05) is 18.5 Å². The topological polar surface area (TPSA) is 41.0 Å². The Balaban J connectivity index is 1.69. The minimum atomic E-state index is 0.596. The molecule has 0 bridgehead atoms. The van der Waals surface area contributed by atoms with Gasteiger partial charge in [-0.15, -0.1) is 0 Å². The molecule has 2 aliphatic rings. The van der Waals surface area contributed by atoms with Crippen molar-refractivity contribution < 1.29 is 0 Å². The molecule has 2 atom stereocenters. The lowest BCUT2D eigenvalue weighted by Gasteiger charge is -2.42. The van der Waals surface area contributed by atoms with Crippen molar-refractivity contribution in [1.82, 2.24) is 20.2 Å². The first-order valence-electron chi connectivity index (χ1n) is 7.47. The molecule has 1 saturated carbocycles. The third-order valence-electron chi connectivity index (χ3n) is 4.41. The number of nitrogens with zero attached hydrogens (tertiary/aromatic N) is 3. The summed E-state index contributed by atoms with van der Waals surface area (Å²) in [5.41, 5.74) is 0. The van der Waals surface area contributed by atoms with Crippen molar-refractivity contribution in [1.29, 1.82) is 0 Å². The molecule has 19 heavy (non-hydrogen) atoms. The van der Waals surface area contributed by atoms with Gasteiger partial charge in [0.15, 0.2) is 0 Å². The van der Waals surface area contributed by atoms with Crippen molar-refractivity contribution in [2.24, 2.45) is 11.8 Å². The van der Waals surface area contributed by atoms with Gasteiger partial charge in [-0.1, -0.05) is 13.8 Å². The molecule has 2 unspecified atom stereocenters. The molecule has 0 spiro atoms. The maximum absolute atomic E-state index is 4.38. The monoisotopic (exact) mass is 260 g/mol. The van der Waals surface area contributed by atoms with Crippen LogP contribution in [0.2, 0.25) is 0 Å². The molecule has 4 heteroatoms. The van der Waals surface area contributed by atoms with Crippen LogP contribution in [0, 0.1) is 11.8 Å². The van der Waals surface area contributed by atoms with Crippen LogP contribution in [0.15, 0.2) is 18.5 Å². The lowest BCUT2D eigenvalue weighted by molar-refractivity contribution is 0.0827. The van der Waals surface area contributed by atoms with E-state index in [1.54, 1.807) is 0 Å². The highest BCUT2D eigenvalue weighted by Gasteiger charge is 2.38. The van der Waals surface area contributed by atoms with E-state index >= 15 is 0 Å². The van der Waals surface area contributed by atoms with E-state index in [0.717, 1.165) is 31.4 Å². The molecule has 1 saturated heterocycles. The summed E-state index contributed by atoms with van der Waals surface area (Å²) in [7, 11) is 0. The standard InChI is InChI=1S/C15H24N4/c1-11(2)14-8-18-13(12-4-5-12)9-19(14)10-15-16-6-3-7-17-15/h3,6-7,11-14,18H,4-5,8-10H2,1-2H3. The Bertz CT molecular complexity index is 402.